The van der Waals surface area contributed by atoms with Gasteiger partial charge in [0, 0.05) is 6.92 Å². The maximum atomic E-state index is 12.7. The van der Waals surface area contributed by atoms with Gasteiger partial charge in [0.25, 0.3) is 0 Å². The lowest BCUT2D eigenvalue weighted by molar-refractivity contribution is -0.133. The molecule has 0 saturated carbocycles. The van der Waals surface area contributed by atoms with E-state index < -0.39 is 18.1 Å². The van der Waals surface area contributed by atoms with Gasteiger partial charge in [-0.3, -0.25) is 14.4 Å². The van der Waals surface area contributed by atoms with Crippen molar-refractivity contribution in [3.05, 3.63) is 0 Å². The Labute approximate surface area is 170 Å². The molecule has 3 atom stereocenters. The van der Waals surface area contributed by atoms with Crippen LogP contribution >= 0.6 is 0 Å². The van der Waals surface area contributed by atoms with Gasteiger partial charge >= 0.3 is 0 Å². The average Bonchev–Trinajstić information content (AvgIpc) is 2.55. The first-order chi connectivity index (χ1) is 12.6. The summed E-state index contributed by atoms with van der Waals surface area (Å²) in [7, 11) is 0. The molecule has 0 fully saturated rings. The highest BCUT2D eigenvalue weighted by atomic mass is 16.2. The molecular formula is C21H41N3O4. The lowest BCUT2D eigenvalue weighted by atomic mass is 9.99. The summed E-state index contributed by atoms with van der Waals surface area (Å²) in [4.78, 5) is 47.9. The molecule has 0 aromatic heterocycles. The van der Waals surface area contributed by atoms with Crippen LogP contribution in [0.3, 0.4) is 0 Å². The van der Waals surface area contributed by atoms with E-state index in [1.54, 1.807) is 0 Å². The Hall–Kier alpha value is -1.92. The molecule has 0 heterocycles. The Morgan fingerprint density at radius 3 is 1.71 bits per heavy atom. The van der Waals surface area contributed by atoms with Crippen molar-refractivity contribution in [3.8, 4) is 0 Å². The predicted octanol–water partition coefficient (Wildman–Crippen LogP) is 2.58. The lowest BCUT2D eigenvalue weighted by Crippen LogP contribution is -2.55. The van der Waals surface area contributed by atoms with Crippen molar-refractivity contribution in [1.29, 1.82) is 0 Å². The van der Waals surface area contributed by atoms with Crippen LogP contribution in [0.4, 0.5) is 0 Å². The highest BCUT2D eigenvalue weighted by Crippen LogP contribution is 2.09. The Bertz CT molecular complexity index is 492. The molecule has 0 aliphatic carbocycles. The first kappa shape index (κ1) is 28.3. The van der Waals surface area contributed by atoms with E-state index in [0.717, 1.165) is 19.1 Å². The molecule has 28 heavy (non-hydrogen) atoms. The number of carbonyl (C=O) groups is 4. The maximum absolute atomic E-state index is 12.7. The van der Waals surface area contributed by atoms with E-state index in [9.17, 15) is 19.2 Å². The number of unbranched alkanes of at least 4 members (excludes halogenated alkanes) is 1. The molecule has 7 nitrogen and oxygen atoms in total. The largest absolute Gasteiger partial charge is 0.345 e. The van der Waals surface area contributed by atoms with Gasteiger partial charge < -0.3 is 20.7 Å². The first-order valence-corrected chi connectivity index (χ1v) is 9.93. The highest BCUT2D eigenvalue weighted by molar-refractivity contribution is 5.92. The summed E-state index contributed by atoms with van der Waals surface area (Å²) in [5.41, 5.74) is 0. The smallest absolute Gasteiger partial charge is 0.243 e. The van der Waals surface area contributed by atoms with Gasteiger partial charge in [-0.2, -0.15) is 0 Å². The Balaban J connectivity index is 0. The van der Waals surface area contributed by atoms with E-state index in [1.807, 2.05) is 34.6 Å². The van der Waals surface area contributed by atoms with Gasteiger partial charge in [-0.05, 0) is 31.1 Å². The van der Waals surface area contributed by atoms with Crippen LogP contribution in [-0.4, -0.2) is 42.1 Å². The van der Waals surface area contributed by atoms with Crippen LogP contribution in [0.15, 0.2) is 0 Å². The maximum Gasteiger partial charge on any atom is 0.243 e. The number of carbonyl (C=O) groups excluding carboxylic acids is 4. The van der Waals surface area contributed by atoms with Gasteiger partial charge in [0.2, 0.25) is 17.7 Å². The molecule has 0 unspecified atom stereocenters. The molecule has 0 bridgehead atoms. The van der Waals surface area contributed by atoms with E-state index in [4.69, 9.17) is 0 Å². The molecule has 0 spiro atoms. The van der Waals surface area contributed by atoms with Crippen molar-refractivity contribution < 1.29 is 19.2 Å². The number of amides is 3. The van der Waals surface area contributed by atoms with Crippen molar-refractivity contribution in [2.24, 2.45) is 11.8 Å². The van der Waals surface area contributed by atoms with Crippen LogP contribution in [0.25, 0.3) is 0 Å². The third-order valence-electron chi connectivity index (χ3n) is 4.10. The summed E-state index contributed by atoms with van der Waals surface area (Å²) in [6.07, 6.45) is 4.01. The molecule has 3 N–H and O–H groups in total. The fraction of sp³-hybridized carbons (Fsp3) is 0.810. The third-order valence-corrected chi connectivity index (χ3v) is 4.10. The van der Waals surface area contributed by atoms with E-state index in [2.05, 4.69) is 16.0 Å². The minimum absolute atomic E-state index is 0. The topological polar surface area (TPSA) is 104 Å². The Kier molecular flexibility index (Phi) is 15.2. The lowest BCUT2D eigenvalue weighted by Gasteiger charge is -2.25. The molecule has 7 heteroatoms. The molecule has 0 aliphatic rings. The zero-order valence-electron chi connectivity index (χ0n) is 17.6. The molecule has 0 saturated heterocycles. The van der Waals surface area contributed by atoms with Crippen molar-refractivity contribution >= 4 is 24.0 Å². The number of nitrogens with one attached hydrogen (secondary N) is 3. The summed E-state index contributed by atoms with van der Waals surface area (Å²) in [6.45, 7) is 11.2. The summed E-state index contributed by atoms with van der Waals surface area (Å²) in [5, 5.41) is 8.14. The second-order valence-electron chi connectivity index (χ2n) is 7.97. The van der Waals surface area contributed by atoms with Crippen LogP contribution in [0, 0.1) is 11.8 Å². The van der Waals surface area contributed by atoms with Crippen molar-refractivity contribution in [2.75, 3.05) is 0 Å². The fourth-order valence-corrected chi connectivity index (χ4v) is 2.81. The molecule has 0 aromatic carbocycles. The standard InChI is InChI=1S/C20H37N3O4.CH4/c1-7-8-9-16(12-24)22-19(26)18(11-14(4)5)23-20(27)17(10-13(2)3)21-15(6)25;/h12-14,16-18H,7-11H2,1-6H3,(H,21,25)(H,22,26)(H,23,27);1H4/t16-,17-,18-;/m0./s1. The molecule has 0 aromatic rings. The third kappa shape index (κ3) is 12.5. The van der Waals surface area contributed by atoms with E-state index in [0.29, 0.717) is 19.3 Å². The van der Waals surface area contributed by atoms with Crippen LogP contribution in [0.5, 0.6) is 0 Å². The van der Waals surface area contributed by atoms with Crippen LogP contribution in [0.1, 0.15) is 81.1 Å². The van der Waals surface area contributed by atoms with Crippen LogP contribution in [-0.2, 0) is 19.2 Å². The zero-order valence-corrected chi connectivity index (χ0v) is 17.6. The Morgan fingerprint density at radius 1 is 0.857 bits per heavy atom. The second kappa shape index (κ2) is 15.1. The summed E-state index contributed by atoms with van der Waals surface area (Å²) >= 11 is 0. The van der Waals surface area contributed by atoms with Gasteiger partial charge in [-0.25, -0.2) is 0 Å². The molecule has 3 amide bonds. The number of rotatable bonds is 13. The predicted molar refractivity (Wildman–Crippen MR) is 113 cm³/mol. The molecule has 0 radical (unpaired) electrons. The first-order valence-electron chi connectivity index (χ1n) is 9.93. The fourth-order valence-electron chi connectivity index (χ4n) is 2.81. The van der Waals surface area contributed by atoms with Gasteiger partial charge in [0.1, 0.15) is 18.4 Å². The van der Waals surface area contributed by atoms with Crippen molar-refractivity contribution in [2.45, 2.75) is 99.2 Å². The van der Waals surface area contributed by atoms with Crippen LogP contribution < -0.4 is 16.0 Å². The molecule has 164 valence electrons. The monoisotopic (exact) mass is 399 g/mol. The van der Waals surface area contributed by atoms with E-state index >= 15 is 0 Å². The van der Waals surface area contributed by atoms with Gasteiger partial charge in [-0.15, -0.1) is 0 Å². The summed E-state index contributed by atoms with van der Waals surface area (Å²) in [5.74, 6) is -0.650. The molecular weight excluding hydrogens is 358 g/mol. The normalized spacial score (nSPS) is 13.9. The summed E-state index contributed by atoms with van der Waals surface area (Å²) < 4.78 is 0. The average molecular weight is 400 g/mol. The molecule has 0 rings (SSSR count). The Morgan fingerprint density at radius 2 is 1.32 bits per heavy atom. The number of hydrogen-bond donors (Lipinski definition) is 3. The van der Waals surface area contributed by atoms with E-state index in [1.165, 1.54) is 6.92 Å². The van der Waals surface area contributed by atoms with Crippen LogP contribution in [0.2, 0.25) is 0 Å². The number of hydrogen-bond acceptors (Lipinski definition) is 4. The van der Waals surface area contributed by atoms with Gasteiger partial charge in [0.05, 0.1) is 6.04 Å². The summed E-state index contributed by atoms with van der Waals surface area (Å²) in [6, 6.07) is -1.98. The van der Waals surface area contributed by atoms with Gasteiger partial charge in [0.15, 0.2) is 0 Å². The van der Waals surface area contributed by atoms with Gasteiger partial charge in [-0.1, -0.05) is 54.9 Å². The highest BCUT2D eigenvalue weighted by Gasteiger charge is 2.28. The quantitative estimate of drug-likeness (QED) is 0.414. The second-order valence-corrected chi connectivity index (χ2v) is 7.97. The minimum atomic E-state index is -0.745. The number of aldehydes is 1. The molecule has 0 aliphatic heterocycles. The van der Waals surface area contributed by atoms with E-state index in [-0.39, 0.29) is 37.0 Å². The SMILES string of the molecule is C.CCCC[C@@H](C=O)NC(=O)[C@H](CC(C)C)NC(=O)[C@H](CC(C)C)NC(C)=O. The zero-order chi connectivity index (χ0) is 21.0. The van der Waals surface area contributed by atoms with Crippen molar-refractivity contribution in [3.63, 3.8) is 0 Å². The minimum Gasteiger partial charge on any atom is -0.345 e. The van der Waals surface area contributed by atoms with Crippen molar-refractivity contribution in [1.82, 2.24) is 16.0 Å².